The molecule has 0 aliphatic heterocycles. The summed E-state index contributed by atoms with van der Waals surface area (Å²) >= 11 is 0. The van der Waals surface area contributed by atoms with Crippen LogP contribution in [0.3, 0.4) is 0 Å². The van der Waals surface area contributed by atoms with Gasteiger partial charge in [0.05, 0.1) is 0 Å². The zero-order chi connectivity index (χ0) is 11.3. The summed E-state index contributed by atoms with van der Waals surface area (Å²) in [4.78, 5) is 14.2. The third-order valence-corrected chi connectivity index (χ3v) is 2.50. The van der Waals surface area contributed by atoms with Gasteiger partial charge in [-0.05, 0) is 43.7 Å². The first-order valence-electron chi connectivity index (χ1n) is 5.03. The topological polar surface area (TPSA) is 57.5 Å². The Labute approximate surface area is 90.7 Å². The number of rotatable bonds is 0. The molecule has 0 aromatic heterocycles. The van der Waals surface area contributed by atoms with Crippen LogP contribution in [0, 0.1) is 6.92 Å². The minimum atomic E-state index is -2.87. The van der Waals surface area contributed by atoms with Crippen molar-refractivity contribution in [1.82, 2.24) is 0 Å². The highest BCUT2D eigenvalue weighted by molar-refractivity contribution is 7.30. The smallest absolute Gasteiger partial charge is 0.134 e. The molecular weight excluding hydrogens is 211 g/mol. The van der Waals surface area contributed by atoms with E-state index in [1.807, 2.05) is 0 Å². The van der Waals surface area contributed by atoms with Crippen molar-refractivity contribution in [3.05, 3.63) is 34.9 Å². The van der Waals surface area contributed by atoms with E-state index in [0.717, 1.165) is 0 Å². The van der Waals surface area contributed by atoms with Gasteiger partial charge in [0, 0.05) is 4.57 Å². The molecule has 4 heteroatoms. The summed E-state index contributed by atoms with van der Waals surface area (Å²) in [7, 11) is -2.87. The van der Waals surface area contributed by atoms with Gasteiger partial charge in [-0.2, -0.15) is 0 Å². The fourth-order valence-electron chi connectivity index (χ4n) is 1.86. The lowest BCUT2D eigenvalue weighted by Gasteiger charge is -2.15. The summed E-state index contributed by atoms with van der Waals surface area (Å²) in [5.74, 6) is 0. The Kier molecular flexibility index (Phi) is 4.89. The Morgan fingerprint density at radius 3 is 2.27 bits per heavy atom. The van der Waals surface area contributed by atoms with Crippen LogP contribution in [0.15, 0.2) is 18.2 Å². The van der Waals surface area contributed by atoms with Crippen LogP contribution in [0.4, 0.5) is 0 Å². The van der Waals surface area contributed by atoms with Crippen LogP contribution >= 0.6 is 8.25 Å². The normalized spacial score (nSPS) is 13.5. The van der Waals surface area contributed by atoms with Gasteiger partial charge in [0.1, 0.15) is 0 Å². The van der Waals surface area contributed by atoms with Crippen molar-refractivity contribution in [1.29, 1.82) is 0 Å². The summed E-state index contributed by atoms with van der Waals surface area (Å²) in [6.45, 7) is 2.18. The highest BCUT2D eigenvalue weighted by Crippen LogP contribution is 2.21. The summed E-state index contributed by atoms with van der Waals surface area (Å²) in [5, 5.41) is 0. The molecule has 0 amide bonds. The lowest BCUT2D eigenvalue weighted by atomic mass is 9.91. The van der Waals surface area contributed by atoms with Gasteiger partial charge < -0.3 is 0 Å². The van der Waals surface area contributed by atoms with Crippen molar-refractivity contribution < 1.29 is 14.4 Å². The molecule has 0 saturated heterocycles. The van der Waals surface area contributed by atoms with Crippen molar-refractivity contribution in [2.75, 3.05) is 0 Å². The summed E-state index contributed by atoms with van der Waals surface area (Å²) in [6.07, 6.45) is 5.37. The summed E-state index contributed by atoms with van der Waals surface area (Å²) in [6, 6.07) is 6.86. The van der Waals surface area contributed by atoms with Gasteiger partial charge in [-0.3, -0.25) is 0 Å². The molecule has 15 heavy (non-hydrogen) atoms. The molecule has 0 bridgehead atoms. The Morgan fingerprint density at radius 2 is 1.67 bits per heavy atom. The minimum absolute atomic E-state index is 1.30. The SMILES string of the molecule is Cc1ccc2c(c1)CCCC2.O=[P+](O)O. The number of fused-ring (bicyclic) bond motifs is 1. The molecule has 2 rings (SSSR count). The highest BCUT2D eigenvalue weighted by Gasteiger charge is 2.07. The van der Waals surface area contributed by atoms with Gasteiger partial charge in [0.25, 0.3) is 0 Å². The van der Waals surface area contributed by atoms with E-state index in [-0.39, 0.29) is 0 Å². The van der Waals surface area contributed by atoms with Gasteiger partial charge >= 0.3 is 8.25 Å². The van der Waals surface area contributed by atoms with Gasteiger partial charge in [-0.15, -0.1) is 9.79 Å². The monoisotopic (exact) mass is 227 g/mol. The van der Waals surface area contributed by atoms with Gasteiger partial charge in [0.2, 0.25) is 0 Å². The zero-order valence-corrected chi connectivity index (χ0v) is 9.70. The van der Waals surface area contributed by atoms with E-state index in [9.17, 15) is 0 Å². The lowest BCUT2D eigenvalue weighted by Crippen LogP contribution is -2.01. The molecule has 0 spiro atoms. The molecule has 0 saturated carbocycles. The van der Waals surface area contributed by atoms with Crippen molar-refractivity contribution >= 4 is 8.25 Å². The average Bonchev–Trinajstić information content (AvgIpc) is 2.16. The van der Waals surface area contributed by atoms with Crippen LogP contribution in [-0.2, 0) is 17.4 Å². The Morgan fingerprint density at radius 1 is 1.13 bits per heavy atom. The maximum absolute atomic E-state index is 8.70. The van der Waals surface area contributed by atoms with E-state index >= 15 is 0 Å². The molecule has 2 N–H and O–H groups in total. The number of aryl methyl sites for hydroxylation is 3. The highest BCUT2D eigenvalue weighted by atomic mass is 31.1. The number of hydrogen-bond donors (Lipinski definition) is 2. The molecule has 82 valence electrons. The lowest BCUT2D eigenvalue weighted by molar-refractivity contribution is 0.405. The van der Waals surface area contributed by atoms with Gasteiger partial charge in [-0.25, -0.2) is 0 Å². The predicted octanol–water partition coefficient (Wildman–Crippen LogP) is 2.50. The Bertz CT molecular complexity index is 346. The first-order valence-corrected chi connectivity index (χ1v) is 6.19. The molecule has 1 aliphatic rings. The maximum atomic E-state index is 8.70. The fraction of sp³-hybridized carbons (Fsp3) is 0.455. The maximum Gasteiger partial charge on any atom is 0.692 e. The van der Waals surface area contributed by atoms with Crippen molar-refractivity contribution in [2.45, 2.75) is 32.6 Å². The van der Waals surface area contributed by atoms with Crippen LogP contribution < -0.4 is 0 Å². The molecular formula is C11H16O3P+. The van der Waals surface area contributed by atoms with E-state index in [0.29, 0.717) is 0 Å². The predicted molar refractivity (Wildman–Crippen MR) is 59.9 cm³/mol. The third-order valence-electron chi connectivity index (χ3n) is 2.50. The summed E-state index contributed by atoms with van der Waals surface area (Å²) in [5.41, 5.74) is 4.59. The molecule has 1 aromatic carbocycles. The molecule has 0 atom stereocenters. The second-order valence-electron chi connectivity index (χ2n) is 3.73. The quantitative estimate of drug-likeness (QED) is 0.669. The molecule has 3 nitrogen and oxygen atoms in total. The Hall–Kier alpha value is -0.760. The number of benzene rings is 1. The standard InChI is InChI=1S/C11H14.HO3P/c1-9-6-7-10-4-2-3-5-11(10)8-9;1-4(2)3/h6-8H,2-5H2,1H3;(H-,1,2,3)/p+1. The second-order valence-corrected chi connectivity index (χ2v) is 4.24. The van der Waals surface area contributed by atoms with Crippen LogP contribution in [0.2, 0.25) is 0 Å². The van der Waals surface area contributed by atoms with Gasteiger partial charge in [0.15, 0.2) is 0 Å². The van der Waals surface area contributed by atoms with Crippen LogP contribution in [-0.4, -0.2) is 9.79 Å². The molecule has 0 heterocycles. The first-order chi connectivity index (χ1) is 7.09. The van der Waals surface area contributed by atoms with Crippen LogP contribution in [0.1, 0.15) is 29.5 Å². The van der Waals surface area contributed by atoms with E-state index in [1.165, 1.54) is 31.2 Å². The van der Waals surface area contributed by atoms with Crippen molar-refractivity contribution in [2.24, 2.45) is 0 Å². The molecule has 0 fully saturated rings. The molecule has 1 aliphatic carbocycles. The van der Waals surface area contributed by atoms with E-state index in [4.69, 9.17) is 14.4 Å². The van der Waals surface area contributed by atoms with Crippen molar-refractivity contribution in [3.63, 3.8) is 0 Å². The van der Waals surface area contributed by atoms with Gasteiger partial charge in [-0.1, -0.05) is 23.8 Å². The van der Waals surface area contributed by atoms with Crippen LogP contribution in [0.25, 0.3) is 0 Å². The van der Waals surface area contributed by atoms with Crippen molar-refractivity contribution in [3.8, 4) is 0 Å². The largest absolute Gasteiger partial charge is 0.692 e. The van der Waals surface area contributed by atoms with E-state index < -0.39 is 8.25 Å². The summed E-state index contributed by atoms with van der Waals surface area (Å²) < 4.78 is 8.70. The number of hydrogen-bond acceptors (Lipinski definition) is 1. The van der Waals surface area contributed by atoms with E-state index in [2.05, 4.69) is 25.1 Å². The molecule has 0 unspecified atom stereocenters. The zero-order valence-electron chi connectivity index (χ0n) is 8.81. The average molecular weight is 227 g/mol. The van der Waals surface area contributed by atoms with Crippen LogP contribution in [0.5, 0.6) is 0 Å². The third kappa shape index (κ3) is 4.52. The first kappa shape index (κ1) is 12.3. The Balaban J connectivity index is 0.000000245. The minimum Gasteiger partial charge on any atom is -0.134 e. The molecule has 1 aromatic rings. The molecule has 0 radical (unpaired) electrons. The van der Waals surface area contributed by atoms with E-state index in [1.54, 1.807) is 11.1 Å². The fourth-order valence-corrected chi connectivity index (χ4v) is 1.86. The second kappa shape index (κ2) is 5.96.